The number of benzene rings is 1. The number of hydrogen-bond donors (Lipinski definition) is 2. The minimum absolute atomic E-state index is 0.0693. The average molecular weight is 276 g/mol. The van der Waals surface area contributed by atoms with E-state index in [1.165, 1.54) is 7.11 Å². The number of carbonyl (C=O) groups is 2. The number of amides is 1. The molecule has 1 fully saturated rings. The molecule has 2 N–H and O–H groups in total. The number of esters is 1. The third kappa shape index (κ3) is 2.67. The van der Waals surface area contributed by atoms with Gasteiger partial charge in [-0.15, -0.1) is 0 Å². The Hall–Kier alpha value is -1.88. The summed E-state index contributed by atoms with van der Waals surface area (Å²) in [6.45, 7) is 4.55. The molecular formula is C15H20N2O3. The van der Waals surface area contributed by atoms with Crippen molar-refractivity contribution in [1.82, 2.24) is 5.32 Å². The molecule has 108 valence electrons. The van der Waals surface area contributed by atoms with Crippen molar-refractivity contribution >= 4 is 17.6 Å². The summed E-state index contributed by atoms with van der Waals surface area (Å²) in [5.41, 5.74) is 1.30. The van der Waals surface area contributed by atoms with Crippen LogP contribution in [-0.4, -0.2) is 31.1 Å². The number of ether oxygens (including phenoxy) is 1. The van der Waals surface area contributed by atoms with Crippen LogP contribution < -0.4 is 10.6 Å². The normalized spacial score (nSPS) is 21.6. The lowest BCUT2D eigenvalue weighted by Gasteiger charge is -2.23. The molecule has 1 aromatic carbocycles. The molecule has 0 spiro atoms. The summed E-state index contributed by atoms with van der Waals surface area (Å²) < 4.78 is 4.73. The Labute approximate surface area is 118 Å². The molecule has 20 heavy (non-hydrogen) atoms. The smallest absolute Gasteiger partial charge is 0.338 e. The van der Waals surface area contributed by atoms with Crippen LogP contribution in [0.5, 0.6) is 0 Å². The maximum atomic E-state index is 12.3. The molecule has 1 heterocycles. The largest absolute Gasteiger partial charge is 0.465 e. The van der Waals surface area contributed by atoms with Gasteiger partial charge in [0, 0.05) is 5.69 Å². The van der Waals surface area contributed by atoms with Crippen molar-refractivity contribution in [2.75, 3.05) is 19.0 Å². The van der Waals surface area contributed by atoms with Gasteiger partial charge in [-0.3, -0.25) is 4.79 Å². The van der Waals surface area contributed by atoms with Crippen molar-refractivity contribution in [1.29, 1.82) is 0 Å². The molecule has 1 aromatic rings. The Bertz CT molecular complexity index is 534. The zero-order valence-electron chi connectivity index (χ0n) is 12.1. The molecule has 1 atom stereocenters. The second-order valence-electron chi connectivity index (χ2n) is 5.29. The molecule has 1 amide bonds. The first-order valence-corrected chi connectivity index (χ1v) is 6.72. The predicted octanol–water partition coefficient (Wildman–Crippen LogP) is 1.86. The summed E-state index contributed by atoms with van der Waals surface area (Å²) in [5, 5.41) is 6.12. The zero-order chi connectivity index (χ0) is 14.8. The number of hydrogen-bond acceptors (Lipinski definition) is 4. The fourth-order valence-corrected chi connectivity index (χ4v) is 2.45. The number of carbonyl (C=O) groups excluding carboxylic acids is 2. The highest BCUT2D eigenvalue weighted by Gasteiger charge is 2.36. The molecular weight excluding hydrogens is 256 g/mol. The summed E-state index contributed by atoms with van der Waals surface area (Å²) >= 11 is 0. The van der Waals surface area contributed by atoms with Crippen molar-refractivity contribution in [2.24, 2.45) is 0 Å². The van der Waals surface area contributed by atoms with Gasteiger partial charge in [-0.05, 0) is 50.9 Å². The fraction of sp³-hybridized carbons (Fsp3) is 0.467. The summed E-state index contributed by atoms with van der Waals surface area (Å²) in [6.07, 6.45) is 1.81. The molecule has 1 aliphatic heterocycles. The third-order valence-electron chi connectivity index (χ3n) is 3.86. The van der Waals surface area contributed by atoms with Crippen LogP contribution in [-0.2, 0) is 9.53 Å². The van der Waals surface area contributed by atoms with Gasteiger partial charge in [0.15, 0.2) is 0 Å². The second kappa shape index (κ2) is 5.63. The standard InChI is InChI=1S/C15H20N2O3/c1-10-11(13(18)20-3)6-4-7-12(10)17-14(19)15(2)8-5-9-16-15/h4,6-7,16H,5,8-9H2,1-3H3,(H,17,19). The van der Waals surface area contributed by atoms with Crippen LogP contribution in [0.25, 0.3) is 0 Å². The first-order chi connectivity index (χ1) is 9.48. The Kier molecular flexibility index (Phi) is 4.09. The highest BCUT2D eigenvalue weighted by atomic mass is 16.5. The number of methoxy groups -OCH3 is 1. The molecule has 5 heteroatoms. The summed E-state index contributed by atoms with van der Waals surface area (Å²) in [7, 11) is 1.34. The lowest BCUT2D eigenvalue weighted by atomic mass is 9.98. The Morgan fingerprint density at radius 2 is 2.15 bits per heavy atom. The first-order valence-electron chi connectivity index (χ1n) is 6.72. The molecule has 0 radical (unpaired) electrons. The highest BCUT2D eigenvalue weighted by molar-refractivity contribution is 6.00. The van der Waals surface area contributed by atoms with Crippen LogP contribution in [0, 0.1) is 6.92 Å². The van der Waals surface area contributed by atoms with E-state index in [0.717, 1.165) is 19.4 Å². The molecule has 0 aliphatic carbocycles. The van der Waals surface area contributed by atoms with E-state index in [0.29, 0.717) is 16.8 Å². The molecule has 0 bridgehead atoms. The fourth-order valence-electron chi connectivity index (χ4n) is 2.45. The van der Waals surface area contributed by atoms with E-state index in [4.69, 9.17) is 4.74 Å². The minimum atomic E-state index is -0.534. The predicted molar refractivity (Wildman–Crippen MR) is 76.8 cm³/mol. The SMILES string of the molecule is COC(=O)c1cccc(NC(=O)C2(C)CCCN2)c1C. The molecule has 1 unspecified atom stereocenters. The van der Waals surface area contributed by atoms with Crippen LogP contribution in [0.3, 0.4) is 0 Å². The van der Waals surface area contributed by atoms with Crippen molar-refractivity contribution in [3.8, 4) is 0 Å². The van der Waals surface area contributed by atoms with Gasteiger partial charge in [-0.25, -0.2) is 4.79 Å². The monoisotopic (exact) mass is 276 g/mol. The molecule has 0 saturated carbocycles. The third-order valence-corrected chi connectivity index (χ3v) is 3.86. The van der Waals surface area contributed by atoms with Gasteiger partial charge < -0.3 is 15.4 Å². The minimum Gasteiger partial charge on any atom is -0.465 e. The maximum absolute atomic E-state index is 12.3. The van der Waals surface area contributed by atoms with Crippen molar-refractivity contribution in [2.45, 2.75) is 32.2 Å². The van der Waals surface area contributed by atoms with Gasteiger partial charge in [0.1, 0.15) is 0 Å². The van der Waals surface area contributed by atoms with Crippen LogP contribution in [0.15, 0.2) is 18.2 Å². The van der Waals surface area contributed by atoms with E-state index in [2.05, 4.69) is 10.6 Å². The molecule has 1 saturated heterocycles. The van der Waals surface area contributed by atoms with E-state index in [-0.39, 0.29) is 5.91 Å². The highest BCUT2D eigenvalue weighted by Crippen LogP contribution is 2.24. The topological polar surface area (TPSA) is 67.4 Å². The number of rotatable bonds is 3. The van der Waals surface area contributed by atoms with Crippen LogP contribution in [0.2, 0.25) is 0 Å². The van der Waals surface area contributed by atoms with Gasteiger partial charge >= 0.3 is 5.97 Å². The van der Waals surface area contributed by atoms with E-state index in [1.807, 2.05) is 6.92 Å². The van der Waals surface area contributed by atoms with Gasteiger partial charge in [-0.2, -0.15) is 0 Å². The quantitative estimate of drug-likeness (QED) is 0.827. The number of anilines is 1. The zero-order valence-corrected chi connectivity index (χ0v) is 12.1. The molecule has 1 aliphatic rings. The molecule has 2 rings (SSSR count). The molecule has 0 aromatic heterocycles. The Morgan fingerprint density at radius 1 is 1.40 bits per heavy atom. The summed E-state index contributed by atoms with van der Waals surface area (Å²) in [6, 6.07) is 5.21. The van der Waals surface area contributed by atoms with Gasteiger partial charge in [0.25, 0.3) is 0 Å². The van der Waals surface area contributed by atoms with E-state index >= 15 is 0 Å². The van der Waals surface area contributed by atoms with Crippen LogP contribution in [0.4, 0.5) is 5.69 Å². The Balaban J connectivity index is 2.22. The van der Waals surface area contributed by atoms with Crippen molar-refractivity contribution in [3.05, 3.63) is 29.3 Å². The van der Waals surface area contributed by atoms with Crippen LogP contribution >= 0.6 is 0 Å². The molecule has 5 nitrogen and oxygen atoms in total. The second-order valence-corrected chi connectivity index (χ2v) is 5.29. The summed E-state index contributed by atoms with van der Waals surface area (Å²) in [4.78, 5) is 24.0. The Morgan fingerprint density at radius 3 is 2.75 bits per heavy atom. The average Bonchev–Trinajstić information content (AvgIpc) is 2.88. The van der Waals surface area contributed by atoms with E-state index < -0.39 is 11.5 Å². The van der Waals surface area contributed by atoms with E-state index in [1.54, 1.807) is 25.1 Å². The lowest BCUT2D eigenvalue weighted by molar-refractivity contribution is -0.121. The van der Waals surface area contributed by atoms with Crippen molar-refractivity contribution in [3.63, 3.8) is 0 Å². The van der Waals surface area contributed by atoms with Gasteiger partial charge in [0.2, 0.25) is 5.91 Å². The van der Waals surface area contributed by atoms with Crippen LogP contribution in [0.1, 0.15) is 35.7 Å². The first kappa shape index (κ1) is 14.5. The van der Waals surface area contributed by atoms with E-state index in [9.17, 15) is 9.59 Å². The lowest BCUT2D eigenvalue weighted by Crippen LogP contribution is -2.48. The van der Waals surface area contributed by atoms with Gasteiger partial charge in [0.05, 0.1) is 18.2 Å². The maximum Gasteiger partial charge on any atom is 0.338 e. The summed E-state index contributed by atoms with van der Waals surface area (Å²) in [5.74, 6) is -0.469. The van der Waals surface area contributed by atoms with Crippen molar-refractivity contribution < 1.29 is 14.3 Å². The van der Waals surface area contributed by atoms with Gasteiger partial charge in [-0.1, -0.05) is 6.07 Å². The number of nitrogens with one attached hydrogen (secondary N) is 2.